The van der Waals surface area contributed by atoms with Crippen LogP contribution in [0, 0.1) is 5.92 Å². The molecule has 2 saturated heterocycles. The van der Waals surface area contributed by atoms with Gasteiger partial charge in [-0.1, -0.05) is 12.6 Å². The highest BCUT2D eigenvalue weighted by molar-refractivity contribution is 7.99. The first kappa shape index (κ1) is 16.6. The third-order valence-electron chi connectivity index (χ3n) is 4.61. The van der Waals surface area contributed by atoms with Gasteiger partial charge in [0, 0.05) is 41.9 Å². The van der Waals surface area contributed by atoms with Crippen molar-refractivity contribution in [3.8, 4) is 0 Å². The van der Waals surface area contributed by atoms with Gasteiger partial charge >= 0.3 is 0 Å². The average Bonchev–Trinajstić information content (AvgIpc) is 3.15. The smallest absolute Gasteiger partial charge is 0.245 e. The van der Waals surface area contributed by atoms with Crippen molar-refractivity contribution in [2.75, 3.05) is 31.1 Å². The number of amides is 2. The van der Waals surface area contributed by atoms with Gasteiger partial charge in [0.05, 0.1) is 6.04 Å². The first-order valence-corrected chi connectivity index (χ1v) is 10.1. The molecule has 6 heteroatoms. The van der Waals surface area contributed by atoms with Crippen molar-refractivity contribution in [2.24, 2.45) is 5.92 Å². The predicted octanol–water partition coefficient (Wildman–Crippen LogP) is 2.79. The minimum absolute atomic E-state index is 0.0262. The molecule has 4 nitrogen and oxygen atoms in total. The summed E-state index contributed by atoms with van der Waals surface area (Å²) in [6.07, 6.45) is 2.88. The van der Waals surface area contributed by atoms with Gasteiger partial charge in [-0.05, 0) is 30.4 Å². The Bertz CT molecular complexity index is 565. The van der Waals surface area contributed by atoms with Crippen molar-refractivity contribution in [3.05, 3.63) is 35.0 Å². The maximum absolute atomic E-state index is 13.0. The molecule has 0 radical (unpaired) electrons. The Balaban J connectivity index is 1.65. The largest absolute Gasteiger partial charge is 0.339 e. The molecule has 2 aliphatic heterocycles. The lowest BCUT2D eigenvalue weighted by Crippen LogP contribution is -2.47. The molecule has 0 aliphatic carbocycles. The van der Waals surface area contributed by atoms with Gasteiger partial charge in [-0.2, -0.15) is 11.8 Å². The molecule has 1 atom stereocenters. The van der Waals surface area contributed by atoms with Crippen LogP contribution in [0.25, 0.3) is 0 Å². The maximum atomic E-state index is 13.0. The number of thioether (sulfide) groups is 1. The summed E-state index contributed by atoms with van der Waals surface area (Å²) in [5, 5.41) is 2.08. The number of hydrogen-bond donors (Lipinski definition) is 0. The molecule has 23 heavy (non-hydrogen) atoms. The number of thiophene rings is 1. The van der Waals surface area contributed by atoms with E-state index in [1.165, 1.54) is 11.0 Å². The summed E-state index contributed by atoms with van der Waals surface area (Å²) >= 11 is 3.66. The molecule has 0 aromatic carbocycles. The van der Waals surface area contributed by atoms with Gasteiger partial charge in [0.1, 0.15) is 0 Å². The van der Waals surface area contributed by atoms with Crippen LogP contribution in [0.3, 0.4) is 0 Å². The lowest BCUT2D eigenvalue weighted by Gasteiger charge is -2.39. The Kier molecular flexibility index (Phi) is 5.43. The SMILES string of the molecule is C=CC(=O)N1CCC(C(=O)N2CCSCC2c2cccs2)CC1. The van der Waals surface area contributed by atoms with Gasteiger partial charge in [-0.25, -0.2) is 0 Å². The topological polar surface area (TPSA) is 40.6 Å². The highest BCUT2D eigenvalue weighted by Crippen LogP contribution is 2.34. The van der Waals surface area contributed by atoms with Crippen LogP contribution in [-0.2, 0) is 9.59 Å². The molecular formula is C17H22N2O2S2. The zero-order chi connectivity index (χ0) is 16.2. The highest BCUT2D eigenvalue weighted by atomic mass is 32.2. The van der Waals surface area contributed by atoms with Crippen molar-refractivity contribution in [3.63, 3.8) is 0 Å². The van der Waals surface area contributed by atoms with Crippen molar-refractivity contribution >= 4 is 34.9 Å². The molecule has 1 unspecified atom stereocenters. The van der Waals surface area contributed by atoms with Gasteiger partial charge < -0.3 is 9.80 Å². The number of carbonyl (C=O) groups excluding carboxylic acids is 2. The van der Waals surface area contributed by atoms with E-state index in [1.807, 2.05) is 11.8 Å². The molecule has 0 saturated carbocycles. The zero-order valence-electron chi connectivity index (χ0n) is 13.1. The first-order valence-electron chi connectivity index (χ1n) is 8.03. The zero-order valence-corrected chi connectivity index (χ0v) is 14.8. The van der Waals surface area contributed by atoms with E-state index in [1.54, 1.807) is 16.2 Å². The van der Waals surface area contributed by atoms with Crippen molar-refractivity contribution in [2.45, 2.75) is 18.9 Å². The van der Waals surface area contributed by atoms with Gasteiger partial charge in [0.15, 0.2) is 0 Å². The van der Waals surface area contributed by atoms with Gasteiger partial charge in [0.25, 0.3) is 0 Å². The maximum Gasteiger partial charge on any atom is 0.245 e. The molecule has 2 amide bonds. The standard InChI is InChI=1S/C17H22N2O2S2/c1-2-16(20)18-7-5-13(6-8-18)17(21)19-9-11-22-12-14(19)15-4-3-10-23-15/h2-4,10,13-14H,1,5-9,11-12H2. The molecule has 0 spiro atoms. The van der Waals surface area contributed by atoms with Crippen molar-refractivity contribution in [1.82, 2.24) is 9.80 Å². The van der Waals surface area contributed by atoms with E-state index in [4.69, 9.17) is 0 Å². The molecule has 3 rings (SSSR count). The van der Waals surface area contributed by atoms with E-state index in [0.29, 0.717) is 13.1 Å². The van der Waals surface area contributed by atoms with Crippen LogP contribution < -0.4 is 0 Å². The number of hydrogen-bond acceptors (Lipinski definition) is 4. The fourth-order valence-corrected chi connectivity index (χ4v) is 5.31. The van der Waals surface area contributed by atoms with Crippen LogP contribution in [0.2, 0.25) is 0 Å². The molecule has 2 fully saturated rings. The van der Waals surface area contributed by atoms with E-state index in [2.05, 4.69) is 29.0 Å². The summed E-state index contributed by atoms with van der Waals surface area (Å²) in [5.74, 6) is 2.30. The second kappa shape index (κ2) is 7.53. The van der Waals surface area contributed by atoms with Crippen LogP contribution in [0.4, 0.5) is 0 Å². The molecule has 0 N–H and O–H groups in total. The summed E-state index contributed by atoms with van der Waals surface area (Å²) in [6.45, 7) is 5.69. The van der Waals surface area contributed by atoms with E-state index >= 15 is 0 Å². The van der Waals surface area contributed by atoms with Crippen LogP contribution >= 0.6 is 23.1 Å². The molecule has 124 valence electrons. The molecule has 1 aromatic heterocycles. The summed E-state index contributed by atoms with van der Waals surface area (Å²) < 4.78 is 0. The van der Waals surface area contributed by atoms with Crippen LogP contribution in [0.15, 0.2) is 30.2 Å². The molecule has 0 bridgehead atoms. The summed E-state index contributed by atoms with van der Waals surface area (Å²) in [5.41, 5.74) is 0. The summed E-state index contributed by atoms with van der Waals surface area (Å²) in [6, 6.07) is 4.41. The van der Waals surface area contributed by atoms with E-state index in [9.17, 15) is 9.59 Å². The Labute approximate surface area is 145 Å². The quantitative estimate of drug-likeness (QED) is 0.787. The first-order chi connectivity index (χ1) is 11.2. The second-order valence-electron chi connectivity index (χ2n) is 5.94. The Hall–Kier alpha value is -1.27. The minimum atomic E-state index is -0.0262. The van der Waals surface area contributed by atoms with Gasteiger partial charge in [-0.3, -0.25) is 9.59 Å². The number of nitrogens with zero attached hydrogens (tertiary/aromatic N) is 2. The Morgan fingerprint density at radius 2 is 2.04 bits per heavy atom. The Morgan fingerprint density at radius 1 is 1.26 bits per heavy atom. The van der Waals surface area contributed by atoms with Gasteiger partial charge in [0.2, 0.25) is 11.8 Å². The number of rotatable bonds is 3. The van der Waals surface area contributed by atoms with Crippen molar-refractivity contribution < 1.29 is 9.59 Å². The lowest BCUT2D eigenvalue weighted by molar-refractivity contribution is -0.141. The fourth-order valence-electron chi connectivity index (χ4n) is 3.29. The number of carbonyl (C=O) groups is 2. The van der Waals surface area contributed by atoms with Crippen molar-refractivity contribution in [1.29, 1.82) is 0 Å². The minimum Gasteiger partial charge on any atom is -0.339 e. The van der Waals surface area contributed by atoms with E-state index in [-0.39, 0.29) is 23.8 Å². The molecule has 3 heterocycles. The molecule has 2 aliphatic rings. The normalized spacial score (nSPS) is 22.9. The monoisotopic (exact) mass is 350 g/mol. The number of piperidine rings is 1. The fraction of sp³-hybridized carbons (Fsp3) is 0.529. The van der Waals surface area contributed by atoms with E-state index in [0.717, 1.165) is 30.9 Å². The lowest BCUT2D eigenvalue weighted by atomic mass is 9.94. The molecule has 1 aromatic rings. The highest BCUT2D eigenvalue weighted by Gasteiger charge is 2.35. The summed E-state index contributed by atoms with van der Waals surface area (Å²) in [7, 11) is 0. The van der Waals surface area contributed by atoms with E-state index < -0.39 is 0 Å². The predicted molar refractivity (Wildman–Crippen MR) is 95.6 cm³/mol. The van der Waals surface area contributed by atoms with Crippen LogP contribution in [0.5, 0.6) is 0 Å². The average molecular weight is 351 g/mol. The Morgan fingerprint density at radius 3 is 2.70 bits per heavy atom. The summed E-state index contributed by atoms with van der Waals surface area (Å²) in [4.78, 5) is 29.8. The number of likely N-dealkylation sites (tertiary alicyclic amines) is 1. The van der Waals surface area contributed by atoms with Crippen LogP contribution in [-0.4, -0.2) is 52.8 Å². The molecular weight excluding hydrogens is 328 g/mol. The van der Waals surface area contributed by atoms with Crippen LogP contribution in [0.1, 0.15) is 23.8 Å². The third-order valence-corrected chi connectivity index (χ3v) is 6.61. The second-order valence-corrected chi connectivity index (χ2v) is 8.07. The van der Waals surface area contributed by atoms with Gasteiger partial charge in [-0.15, -0.1) is 11.3 Å². The third kappa shape index (κ3) is 3.63.